The van der Waals surface area contributed by atoms with Crippen molar-refractivity contribution >= 4 is 17.5 Å². The second-order valence-corrected chi connectivity index (χ2v) is 11.8. The summed E-state index contributed by atoms with van der Waals surface area (Å²) in [7, 11) is 0. The molecule has 39 heavy (non-hydrogen) atoms. The van der Waals surface area contributed by atoms with E-state index >= 15 is 0 Å². The van der Waals surface area contributed by atoms with Crippen molar-refractivity contribution in [2.75, 3.05) is 5.32 Å². The zero-order valence-electron chi connectivity index (χ0n) is 23.7. The maximum Gasteiger partial charge on any atom is 0.226 e. The van der Waals surface area contributed by atoms with E-state index < -0.39 is 0 Å². The average molecular weight is 527 g/mol. The van der Waals surface area contributed by atoms with Crippen molar-refractivity contribution in [2.24, 2.45) is 11.1 Å². The number of carbonyl (C=O) groups excluding carboxylic acids is 2. The Morgan fingerprint density at radius 3 is 2.15 bits per heavy atom. The number of nitrogens with one attached hydrogen (secondary N) is 2. The van der Waals surface area contributed by atoms with Gasteiger partial charge in [-0.15, -0.1) is 0 Å². The van der Waals surface area contributed by atoms with Gasteiger partial charge < -0.3 is 16.4 Å². The first kappa shape index (κ1) is 28.5. The average Bonchev–Trinajstić information content (AvgIpc) is 3.68. The fraction of sp³-hybridized carbons (Fsp3) is 0.424. The molecular formula is C33H42N4O2. The maximum absolute atomic E-state index is 11.7. The minimum atomic E-state index is -0.385. The molecule has 1 aromatic heterocycles. The van der Waals surface area contributed by atoms with Gasteiger partial charge >= 0.3 is 0 Å². The van der Waals surface area contributed by atoms with Gasteiger partial charge in [0.15, 0.2) is 0 Å². The predicted octanol–water partition coefficient (Wildman–Crippen LogP) is 6.80. The molecule has 6 heteroatoms. The Morgan fingerprint density at radius 1 is 0.949 bits per heavy atom. The molecule has 6 nitrogen and oxygen atoms in total. The number of aromatic nitrogens is 1. The lowest BCUT2D eigenvalue weighted by Gasteiger charge is -2.24. The number of nitrogens with zero attached hydrogens (tertiary/aromatic N) is 1. The Bertz CT molecular complexity index is 1270. The number of anilines is 1. The molecule has 0 atom stereocenters. The topological polar surface area (TPSA) is 97.1 Å². The van der Waals surface area contributed by atoms with Crippen LogP contribution in [0.2, 0.25) is 0 Å². The Morgan fingerprint density at radius 2 is 1.59 bits per heavy atom. The lowest BCUT2D eigenvalue weighted by atomic mass is 9.93. The number of amides is 2. The molecule has 0 spiro atoms. The first-order valence-corrected chi connectivity index (χ1v) is 14.1. The highest BCUT2D eigenvalue weighted by atomic mass is 16.2. The zero-order chi connectivity index (χ0) is 28.0. The molecule has 0 saturated heterocycles. The van der Waals surface area contributed by atoms with Gasteiger partial charge in [0, 0.05) is 35.0 Å². The Labute approximate surface area is 232 Å². The van der Waals surface area contributed by atoms with Crippen LogP contribution in [0.5, 0.6) is 0 Å². The second kappa shape index (κ2) is 12.1. The molecule has 0 aliphatic heterocycles. The quantitative estimate of drug-likeness (QED) is 0.329. The van der Waals surface area contributed by atoms with E-state index in [4.69, 9.17) is 5.73 Å². The Hall–Kier alpha value is -3.51. The first-order valence-electron chi connectivity index (χ1n) is 14.1. The third-order valence-corrected chi connectivity index (χ3v) is 7.68. The molecule has 2 amide bonds. The molecule has 0 unspecified atom stereocenters. The van der Waals surface area contributed by atoms with Crippen molar-refractivity contribution in [1.82, 2.24) is 10.3 Å². The van der Waals surface area contributed by atoms with E-state index in [1.807, 2.05) is 74.5 Å². The number of pyridine rings is 1. The molecule has 4 N–H and O–H groups in total. The highest BCUT2D eigenvalue weighted by molar-refractivity contribution is 5.91. The van der Waals surface area contributed by atoms with E-state index in [1.54, 1.807) is 6.20 Å². The summed E-state index contributed by atoms with van der Waals surface area (Å²) in [6.45, 7) is 7.53. The largest absolute Gasteiger partial charge is 0.353 e. The highest BCUT2D eigenvalue weighted by Gasteiger charge is 2.45. The molecule has 2 aromatic carbocycles. The smallest absolute Gasteiger partial charge is 0.226 e. The van der Waals surface area contributed by atoms with E-state index in [-0.39, 0.29) is 16.9 Å². The van der Waals surface area contributed by atoms with Crippen molar-refractivity contribution < 1.29 is 9.59 Å². The highest BCUT2D eigenvalue weighted by Crippen LogP contribution is 2.45. The lowest BCUT2D eigenvalue weighted by Crippen LogP contribution is -2.39. The molecule has 2 saturated carbocycles. The van der Waals surface area contributed by atoms with Crippen LogP contribution in [0.25, 0.3) is 22.4 Å². The molecular weight excluding hydrogens is 484 g/mol. The summed E-state index contributed by atoms with van der Waals surface area (Å²) in [5.41, 5.74) is 11.4. The molecule has 206 valence electrons. The van der Waals surface area contributed by atoms with E-state index in [9.17, 15) is 9.59 Å². The van der Waals surface area contributed by atoms with Crippen LogP contribution in [-0.4, -0.2) is 22.8 Å². The predicted molar refractivity (Wildman–Crippen MR) is 159 cm³/mol. The minimum absolute atomic E-state index is 0.0114. The second-order valence-electron chi connectivity index (χ2n) is 11.8. The SMILES string of the molecule is CC(=O)Nc1cnc(-c2ccc(C(C)(C)N)cc2)c(-c2ccccc2)c1.CC1(C(=O)NC2CCCCC2)CC1. The molecule has 0 radical (unpaired) electrons. The van der Waals surface area contributed by atoms with E-state index in [0.717, 1.165) is 40.8 Å². The number of benzene rings is 2. The lowest BCUT2D eigenvalue weighted by molar-refractivity contribution is -0.126. The van der Waals surface area contributed by atoms with E-state index in [2.05, 4.69) is 22.5 Å². The van der Waals surface area contributed by atoms with Crippen LogP contribution in [0.1, 0.15) is 78.2 Å². The van der Waals surface area contributed by atoms with Gasteiger partial charge in [-0.25, -0.2) is 0 Å². The monoisotopic (exact) mass is 526 g/mol. The van der Waals surface area contributed by atoms with Gasteiger partial charge in [-0.05, 0) is 56.7 Å². The number of hydrogen-bond acceptors (Lipinski definition) is 4. The molecule has 1 heterocycles. The van der Waals surface area contributed by atoms with Gasteiger partial charge in [-0.2, -0.15) is 0 Å². The third kappa shape index (κ3) is 7.76. The normalized spacial score (nSPS) is 16.4. The van der Waals surface area contributed by atoms with Crippen molar-refractivity contribution in [3.05, 3.63) is 72.4 Å². The molecule has 2 fully saturated rings. The zero-order valence-corrected chi connectivity index (χ0v) is 23.7. The summed E-state index contributed by atoms with van der Waals surface area (Å²) in [6.07, 6.45) is 10.2. The van der Waals surface area contributed by atoms with Gasteiger partial charge in [0.2, 0.25) is 11.8 Å². The number of rotatable bonds is 6. The summed E-state index contributed by atoms with van der Waals surface area (Å²) in [6, 6.07) is 20.6. The number of nitrogens with two attached hydrogens (primary N) is 1. The van der Waals surface area contributed by atoms with Crippen molar-refractivity contribution in [1.29, 1.82) is 0 Å². The van der Waals surface area contributed by atoms with Gasteiger partial charge in [0.1, 0.15) is 0 Å². The van der Waals surface area contributed by atoms with Crippen LogP contribution >= 0.6 is 0 Å². The van der Waals surface area contributed by atoms with Gasteiger partial charge in [0.05, 0.1) is 17.6 Å². The molecule has 5 rings (SSSR count). The van der Waals surface area contributed by atoms with Gasteiger partial charge in [-0.3, -0.25) is 14.6 Å². The van der Waals surface area contributed by atoms with Crippen LogP contribution in [0.3, 0.4) is 0 Å². The summed E-state index contributed by atoms with van der Waals surface area (Å²) < 4.78 is 0. The molecule has 2 aliphatic rings. The van der Waals surface area contributed by atoms with Crippen molar-refractivity contribution in [3.63, 3.8) is 0 Å². The summed E-state index contributed by atoms with van der Waals surface area (Å²) >= 11 is 0. The fourth-order valence-electron chi connectivity index (χ4n) is 4.88. The first-order chi connectivity index (χ1) is 18.5. The van der Waals surface area contributed by atoms with Crippen LogP contribution in [0.4, 0.5) is 5.69 Å². The van der Waals surface area contributed by atoms with E-state index in [0.29, 0.717) is 17.6 Å². The van der Waals surface area contributed by atoms with Crippen LogP contribution < -0.4 is 16.4 Å². The maximum atomic E-state index is 11.7. The number of carbonyl (C=O) groups is 2. The Balaban J connectivity index is 0.000000226. The summed E-state index contributed by atoms with van der Waals surface area (Å²) in [5, 5.41) is 5.99. The van der Waals surface area contributed by atoms with Gasteiger partial charge in [-0.1, -0.05) is 80.8 Å². The molecule has 0 bridgehead atoms. The molecule has 2 aliphatic carbocycles. The van der Waals surface area contributed by atoms with Gasteiger partial charge in [0.25, 0.3) is 0 Å². The van der Waals surface area contributed by atoms with Crippen LogP contribution in [0, 0.1) is 5.41 Å². The fourth-order valence-corrected chi connectivity index (χ4v) is 4.88. The van der Waals surface area contributed by atoms with Crippen molar-refractivity contribution in [2.45, 2.75) is 84.2 Å². The van der Waals surface area contributed by atoms with Crippen LogP contribution in [0.15, 0.2) is 66.9 Å². The Kier molecular flexibility index (Phi) is 8.86. The van der Waals surface area contributed by atoms with Crippen LogP contribution in [-0.2, 0) is 15.1 Å². The number of hydrogen-bond donors (Lipinski definition) is 3. The minimum Gasteiger partial charge on any atom is -0.353 e. The standard InChI is InChI=1S/C22H23N3O.C11H19NO/c1-15(26)25-19-13-20(16-7-5-4-6-8-16)21(24-14-19)17-9-11-18(12-10-17)22(2,3)23;1-11(7-8-11)10(13)12-9-5-3-2-4-6-9/h4-14H,23H2,1-3H3,(H,25,26);9H,2-8H2,1H3,(H,12,13). The summed E-state index contributed by atoms with van der Waals surface area (Å²) in [5.74, 6) is 0.187. The van der Waals surface area contributed by atoms with Crippen molar-refractivity contribution in [3.8, 4) is 22.4 Å². The molecule has 3 aromatic rings. The summed E-state index contributed by atoms with van der Waals surface area (Å²) in [4.78, 5) is 27.7. The third-order valence-electron chi connectivity index (χ3n) is 7.68. The van der Waals surface area contributed by atoms with E-state index in [1.165, 1.54) is 39.0 Å².